The van der Waals surface area contributed by atoms with E-state index in [2.05, 4.69) is 0 Å². The lowest BCUT2D eigenvalue weighted by atomic mass is 10.2. The molecule has 120 valence electrons. The van der Waals surface area contributed by atoms with Gasteiger partial charge in [0.1, 0.15) is 17.1 Å². The van der Waals surface area contributed by atoms with Gasteiger partial charge in [-0.3, -0.25) is 4.79 Å². The van der Waals surface area contributed by atoms with Gasteiger partial charge in [-0.1, -0.05) is 18.2 Å². The number of benzene rings is 1. The minimum absolute atomic E-state index is 0.209. The van der Waals surface area contributed by atoms with Gasteiger partial charge in [0.15, 0.2) is 5.76 Å². The van der Waals surface area contributed by atoms with Crippen LogP contribution >= 0.6 is 0 Å². The quantitative estimate of drug-likeness (QED) is 0.544. The van der Waals surface area contributed by atoms with E-state index in [-0.39, 0.29) is 5.91 Å². The fourth-order valence-electron chi connectivity index (χ4n) is 2.62. The summed E-state index contributed by atoms with van der Waals surface area (Å²) in [4.78, 5) is 14.6. The fourth-order valence-corrected chi connectivity index (χ4v) is 2.62. The first-order valence-electron chi connectivity index (χ1n) is 7.62. The molecule has 0 atom stereocenters. The summed E-state index contributed by atoms with van der Waals surface area (Å²) in [6, 6.07) is 16.6. The van der Waals surface area contributed by atoms with E-state index in [1.165, 1.54) is 0 Å². The minimum Gasteiger partial charge on any atom is -0.467 e. The fraction of sp³-hybridized carbons (Fsp3) is 0.105. The van der Waals surface area contributed by atoms with Gasteiger partial charge in [0, 0.05) is 5.39 Å². The molecule has 0 aliphatic carbocycles. The molecule has 0 radical (unpaired) electrons. The zero-order valence-electron chi connectivity index (χ0n) is 12.8. The van der Waals surface area contributed by atoms with E-state index in [1.54, 1.807) is 35.6 Å². The van der Waals surface area contributed by atoms with Crippen molar-refractivity contribution in [3.8, 4) is 0 Å². The van der Waals surface area contributed by atoms with Crippen molar-refractivity contribution in [2.24, 2.45) is 0 Å². The molecule has 1 amide bonds. The molecular formula is C19H15NO4. The Kier molecular flexibility index (Phi) is 3.67. The van der Waals surface area contributed by atoms with Crippen LogP contribution in [0.2, 0.25) is 0 Å². The average Bonchev–Trinajstić information content (AvgIpc) is 3.34. The number of fused-ring (bicyclic) bond motifs is 1. The Morgan fingerprint density at radius 2 is 1.54 bits per heavy atom. The number of para-hydroxylation sites is 1. The topological polar surface area (TPSA) is 59.7 Å². The molecule has 5 heteroatoms. The van der Waals surface area contributed by atoms with Crippen molar-refractivity contribution in [1.82, 2.24) is 4.90 Å². The van der Waals surface area contributed by atoms with Crippen molar-refractivity contribution in [2.45, 2.75) is 13.1 Å². The standard InChI is InChI=1S/C19H15NO4/c21-19(18-11-14-5-1-2-8-17(14)24-18)20(12-15-6-3-9-22-15)13-16-7-4-10-23-16/h1-11H,12-13H2. The van der Waals surface area contributed by atoms with E-state index >= 15 is 0 Å². The molecule has 0 N–H and O–H groups in total. The zero-order chi connectivity index (χ0) is 16.4. The SMILES string of the molecule is O=C(c1cc2ccccc2o1)N(Cc1ccco1)Cc1ccco1. The van der Waals surface area contributed by atoms with Gasteiger partial charge in [-0.15, -0.1) is 0 Å². The van der Waals surface area contributed by atoms with Gasteiger partial charge >= 0.3 is 0 Å². The van der Waals surface area contributed by atoms with Gasteiger partial charge in [-0.25, -0.2) is 0 Å². The van der Waals surface area contributed by atoms with E-state index < -0.39 is 0 Å². The van der Waals surface area contributed by atoms with Crippen LogP contribution in [0.5, 0.6) is 0 Å². The van der Waals surface area contributed by atoms with Gasteiger partial charge in [-0.05, 0) is 36.4 Å². The Bertz CT molecular complexity index is 866. The highest BCUT2D eigenvalue weighted by atomic mass is 16.4. The maximum atomic E-state index is 12.9. The van der Waals surface area contributed by atoms with Crippen molar-refractivity contribution in [2.75, 3.05) is 0 Å². The number of nitrogens with zero attached hydrogens (tertiary/aromatic N) is 1. The van der Waals surface area contributed by atoms with Crippen molar-refractivity contribution in [3.05, 3.63) is 84.4 Å². The summed E-state index contributed by atoms with van der Waals surface area (Å²) in [5, 5.41) is 0.900. The molecule has 0 fully saturated rings. The monoisotopic (exact) mass is 321 g/mol. The number of carbonyl (C=O) groups is 1. The van der Waals surface area contributed by atoms with Crippen molar-refractivity contribution in [3.63, 3.8) is 0 Å². The van der Waals surface area contributed by atoms with Gasteiger partial charge < -0.3 is 18.2 Å². The lowest BCUT2D eigenvalue weighted by molar-refractivity contribution is 0.0675. The van der Waals surface area contributed by atoms with Crippen LogP contribution in [-0.2, 0) is 13.1 Å². The zero-order valence-corrected chi connectivity index (χ0v) is 12.8. The minimum atomic E-state index is -0.209. The Balaban J connectivity index is 1.64. The van der Waals surface area contributed by atoms with Crippen LogP contribution in [-0.4, -0.2) is 10.8 Å². The summed E-state index contributed by atoms with van der Waals surface area (Å²) < 4.78 is 16.4. The van der Waals surface area contributed by atoms with Crippen LogP contribution in [0.4, 0.5) is 0 Å². The molecule has 5 nitrogen and oxygen atoms in total. The molecule has 0 aliphatic rings. The van der Waals surface area contributed by atoms with E-state index in [1.807, 2.05) is 36.4 Å². The lowest BCUT2D eigenvalue weighted by Crippen LogP contribution is -2.29. The Hall–Kier alpha value is -3.21. The largest absolute Gasteiger partial charge is 0.467 e. The molecule has 1 aromatic carbocycles. The molecule has 0 saturated heterocycles. The first-order valence-corrected chi connectivity index (χ1v) is 7.62. The molecule has 3 aromatic heterocycles. The number of hydrogen-bond donors (Lipinski definition) is 0. The predicted molar refractivity (Wildman–Crippen MR) is 87.2 cm³/mol. The van der Waals surface area contributed by atoms with Gasteiger partial charge in [-0.2, -0.15) is 0 Å². The van der Waals surface area contributed by atoms with E-state index in [0.717, 1.165) is 5.39 Å². The molecule has 4 rings (SSSR count). The first kappa shape index (κ1) is 14.4. The maximum Gasteiger partial charge on any atom is 0.290 e. The summed E-state index contributed by atoms with van der Waals surface area (Å²) >= 11 is 0. The Morgan fingerprint density at radius 1 is 0.875 bits per heavy atom. The van der Waals surface area contributed by atoms with Gasteiger partial charge in [0.2, 0.25) is 0 Å². The van der Waals surface area contributed by atoms with Gasteiger partial charge in [0.05, 0.1) is 25.6 Å². The van der Waals surface area contributed by atoms with Crippen LogP contribution in [0.3, 0.4) is 0 Å². The van der Waals surface area contributed by atoms with E-state index in [9.17, 15) is 4.79 Å². The van der Waals surface area contributed by atoms with Crippen LogP contribution in [0.15, 0.2) is 80.4 Å². The smallest absolute Gasteiger partial charge is 0.290 e. The number of amides is 1. The average molecular weight is 321 g/mol. The number of carbonyl (C=O) groups excluding carboxylic acids is 1. The molecule has 24 heavy (non-hydrogen) atoms. The summed E-state index contributed by atoms with van der Waals surface area (Å²) in [5.41, 5.74) is 0.691. The van der Waals surface area contributed by atoms with Crippen LogP contribution in [0, 0.1) is 0 Å². The molecule has 4 aromatic rings. The molecule has 3 heterocycles. The Morgan fingerprint density at radius 3 is 2.12 bits per heavy atom. The Labute approximate surface area is 138 Å². The van der Waals surface area contributed by atoms with Crippen LogP contribution in [0.1, 0.15) is 22.1 Å². The van der Waals surface area contributed by atoms with Crippen molar-refractivity contribution >= 4 is 16.9 Å². The second-order valence-corrected chi connectivity index (χ2v) is 5.47. The third-order valence-corrected chi connectivity index (χ3v) is 3.78. The van der Waals surface area contributed by atoms with Crippen LogP contribution < -0.4 is 0 Å². The third-order valence-electron chi connectivity index (χ3n) is 3.78. The highest BCUT2D eigenvalue weighted by molar-refractivity contribution is 5.96. The van der Waals surface area contributed by atoms with Crippen LogP contribution in [0.25, 0.3) is 11.0 Å². The summed E-state index contributed by atoms with van der Waals surface area (Å²) in [6.07, 6.45) is 3.18. The molecular weight excluding hydrogens is 306 g/mol. The summed E-state index contributed by atoms with van der Waals surface area (Å²) in [7, 11) is 0. The molecule has 0 unspecified atom stereocenters. The van der Waals surface area contributed by atoms with Crippen molar-refractivity contribution in [1.29, 1.82) is 0 Å². The van der Waals surface area contributed by atoms with Crippen molar-refractivity contribution < 1.29 is 18.0 Å². The molecule has 0 aliphatic heterocycles. The summed E-state index contributed by atoms with van der Waals surface area (Å²) in [5.74, 6) is 1.49. The first-order chi connectivity index (χ1) is 11.8. The van der Waals surface area contributed by atoms with E-state index in [4.69, 9.17) is 13.3 Å². The van der Waals surface area contributed by atoms with E-state index in [0.29, 0.717) is 36.0 Å². The molecule has 0 bridgehead atoms. The highest BCUT2D eigenvalue weighted by Crippen LogP contribution is 2.22. The number of rotatable bonds is 5. The molecule has 0 saturated carbocycles. The summed E-state index contributed by atoms with van der Waals surface area (Å²) in [6.45, 7) is 0.674. The molecule has 0 spiro atoms. The number of hydrogen-bond acceptors (Lipinski definition) is 4. The second-order valence-electron chi connectivity index (χ2n) is 5.47. The normalized spacial score (nSPS) is 11.0. The highest BCUT2D eigenvalue weighted by Gasteiger charge is 2.22. The lowest BCUT2D eigenvalue weighted by Gasteiger charge is -2.19. The van der Waals surface area contributed by atoms with Gasteiger partial charge in [0.25, 0.3) is 5.91 Å². The second kappa shape index (κ2) is 6.12. The maximum absolute atomic E-state index is 12.9. The predicted octanol–water partition coefficient (Wildman–Crippen LogP) is 4.46. The number of furan rings is 3. The third kappa shape index (κ3) is 2.84.